The molecule has 0 amide bonds. The molecular formula is C16H12O2. The fraction of sp³-hybridized carbons (Fsp3) is 0.0625. The molecule has 0 bridgehead atoms. The molecule has 3 rings (SSSR count). The average Bonchev–Trinajstić information content (AvgIpc) is 2.57. The van der Waals surface area contributed by atoms with Crippen molar-refractivity contribution in [3.8, 4) is 0 Å². The van der Waals surface area contributed by atoms with E-state index in [1.54, 1.807) is 6.07 Å². The molecule has 3 aromatic carbocycles. The smallest absolute Gasteiger partial charge is 0.194 e. The maximum atomic E-state index is 12.5. The van der Waals surface area contributed by atoms with Crippen molar-refractivity contribution >= 4 is 21.5 Å². The Kier molecular flexibility index (Phi) is 2.58. The first-order valence-electron chi connectivity index (χ1n) is 5.85. The predicted octanol–water partition coefficient (Wildman–Crippen LogP) is 2.85. The van der Waals surface area contributed by atoms with Crippen molar-refractivity contribution < 1.29 is 5.11 Å². The summed E-state index contributed by atoms with van der Waals surface area (Å²) in [6.07, 6.45) is 0. The zero-order chi connectivity index (χ0) is 12.5. The molecule has 1 N–H and O–H groups in total. The van der Waals surface area contributed by atoms with E-state index in [1.165, 1.54) is 0 Å². The van der Waals surface area contributed by atoms with Gasteiger partial charge in [-0.15, -0.1) is 0 Å². The van der Waals surface area contributed by atoms with Crippen LogP contribution in [0.2, 0.25) is 0 Å². The zero-order valence-electron chi connectivity index (χ0n) is 9.76. The summed E-state index contributed by atoms with van der Waals surface area (Å²) in [5.41, 5.74) is 0.774. The number of aliphatic hydroxyl groups excluding tert-OH is 1. The molecule has 2 heteroatoms. The highest BCUT2D eigenvalue weighted by atomic mass is 16.3. The molecule has 0 fully saturated rings. The summed E-state index contributed by atoms with van der Waals surface area (Å²) in [4.78, 5) is 12.5. The minimum Gasteiger partial charge on any atom is -0.392 e. The van der Waals surface area contributed by atoms with E-state index < -0.39 is 0 Å². The average molecular weight is 236 g/mol. The van der Waals surface area contributed by atoms with E-state index in [0.29, 0.717) is 10.8 Å². The zero-order valence-corrected chi connectivity index (χ0v) is 9.76. The summed E-state index contributed by atoms with van der Waals surface area (Å²) in [5.74, 6) is 0. The number of hydrogen-bond donors (Lipinski definition) is 1. The predicted molar refractivity (Wildman–Crippen MR) is 73.6 cm³/mol. The molecule has 18 heavy (non-hydrogen) atoms. The Balaban J connectivity index is 2.56. The third kappa shape index (κ3) is 1.67. The molecule has 0 aliphatic carbocycles. The van der Waals surface area contributed by atoms with Gasteiger partial charge in [-0.1, -0.05) is 48.5 Å². The van der Waals surface area contributed by atoms with Gasteiger partial charge in [0, 0.05) is 10.8 Å². The number of aliphatic hydroxyl groups is 1. The van der Waals surface area contributed by atoms with Crippen LogP contribution in [-0.2, 0) is 6.61 Å². The Labute approximate surface area is 104 Å². The van der Waals surface area contributed by atoms with Gasteiger partial charge in [0.15, 0.2) is 5.43 Å². The van der Waals surface area contributed by atoms with Crippen molar-refractivity contribution in [3.05, 3.63) is 70.4 Å². The van der Waals surface area contributed by atoms with Gasteiger partial charge in [0.25, 0.3) is 0 Å². The van der Waals surface area contributed by atoms with E-state index in [4.69, 9.17) is 5.11 Å². The molecule has 0 unspecified atom stereocenters. The first kappa shape index (κ1) is 10.9. The van der Waals surface area contributed by atoms with Crippen LogP contribution in [0.1, 0.15) is 5.56 Å². The fourth-order valence-electron chi connectivity index (χ4n) is 2.22. The van der Waals surface area contributed by atoms with Gasteiger partial charge >= 0.3 is 0 Å². The number of fused-ring (bicyclic) bond motifs is 2. The van der Waals surface area contributed by atoms with Crippen LogP contribution in [0.15, 0.2) is 59.4 Å². The Bertz CT molecular complexity index is 791. The van der Waals surface area contributed by atoms with Crippen molar-refractivity contribution in [1.29, 1.82) is 0 Å². The normalized spacial score (nSPS) is 10.9. The Morgan fingerprint density at radius 2 is 1.50 bits per heavy atom. The number of benzene rings is 2. The summed E-state index contributed by atoms with van der Waals surface area (Å²) in [6.45, 7) is -0.0497. The van der Waals surface area contributed by atoms with E-state index in [2.05, 4.69) is 0 Å². The minimum absolute atomic E-state index is 0.0147. The van der Waals surface area contributed by atoms with Crippen LogP contribution in [0.25, 0.3) is 21.5 Å². The van der Waals surface area contributed by atoms with Gasteiger partial charge in [-0.05, 0) is 22.4 Å². The monoisotopic (exact) mass is 236 g/mol. The Hall–Kier alpha value is -2.19. The third-order valence-electron chi connectivity index (χ3n) is 3.19. The van der Waals surface area contributed by atoms with Crippen LogP contribution in [0, 0.1) is 0 Å². The molecule has 3 aromatic rings. The highest BCUT2D eigenvalue weighted by molar-refractivity contribution is 5.93. The van der Waals surface area contributed by atoms with Crippen LogP contribution in [0.3, 0.4) is 0 Å². The fourth-order valence-corrected chi connectivity index (χ4v) is 2.22. The highest BCUT2D eigenvalue weighted by Crippen LogP contribution is 2.16. The van der Waals surface area contributed by atoms with Crippen LogP contribution in [0.4, 0.5) is 0 Å². The van der Waals surface area contributed by atoms with Gasteiger partial charge in [0.05, 0.1) is 6.61 Å². The second-order valence-electron chi connectivity index (χ2n) is 4.33. The maximum Gasteiger partial charge on any atom is 0.194 e. The van der Waals surface area contributed by atoms with Crippen LogP contribution >= 0.6 is 0 Å². The van der Waals surface area contributed by atoms with Gasteiger partial charge in [-0.25, -0.2) is 0 Å². The molecule has 0 aromatic heterocycles. The van der Waals surface area contributed by atoms with Gasteiger partial charge in [0.1, 0.15) is 0 Å². The lowest BCUT2D eigenvalue weighted by Crippen LogP contribution is -1.99. The van der Waals surface area contributed by atoms with Crippen LogP contribution < -0.4 is 5.43 Å². The molecule has 2 nitrogen and oxygen atoms in total. The lowest BCUT2D eigenvalue weighted by molar-refractivity contribution is 0.282. The summed E-state index contributed by atoms with van der Waals surface area (Å²) in [5, 5.41) is 12.4. The number of rotatable bonds is 1. The summed E-state index contributed by atoms with van der Waals surface area (Å²) in [6, 6.07) is 16.9. The Morgan fingerprint density at radius 3 is 2.28 bits per heavy atom. The van der Waals surface area contributed by atoms with Crippen molar-refractivity contribution in [3.63, 3.8) is 0 Å². The van der Waals surface area contributed by atoms with Crippen molar-refractivity contribution in [2.45, 2.75) is 6.61 Å². The van der Waals surface area contributed by atoms with Crippen LogP contribution in [-0.4, -0.2) is 5.11 Å². The van der Waals surface area contributed by atoms with E-state index in [9.17, 15) is 4.79 Å². The molecule has 0 saturated heterocycles. The third-order valence-corrected chi connectivity index (χ3v) is 3.19. The van der Waals surface area contributed by atoms with E-state index in [0.717, 1.165) is 16.3 Å². The maximum absolute atomic E-state index is 12.5. The molecular weight excluding hydrogens is 224 g/mol. The van der Waals surface area contributed by atoms with Crippen LogP contribution in [0.5, 0.6) is 0 Å². The largest absolute Gasteiger partial charge is 0.392 e. The first-order chi connectivity index (χ1) is 8.79. The topological polar surface area (TPSA) is 37.3 Å². The minimum atomic E-state index is -0.0497. The molecule has 0 aliphatic rings. The summed E-state index contributed by atoms with van der Waals surface area (Å²) < 4.78 is 0. The van der Waals surface area contributed by atoms with Gasteiger partial charge < -0.3 is 5.11 Å². The summed E-state index contributed by atoms with van der Waals surface area (Å²) >= 11 is 0. The van der Waals surface area contributed by atoms with Crippen molar-refractivity contribution in [1.82, 2.24) is 0 Å². The molecule has 0 heterocycles. The van der Waals surface area contributed by atoms with Crippen molar-refractivity contribution in [2.24, 2.45) is 0 Å². The van der Waals surface area contributed by atoms with Crippen molar-refractivity contribution in [2.75, 3.05) is 0 Å². The molecule has 0 radical (unpaired) electrons. The van der Waals surface area contributed by atoms with E-state index in [1.807, 2.05) is 48.5 Å². The lowest BCUT2D eigenvalue weighted by Gasteiger charge is -1.96. The van der Waals surface area contributed by atoms with Gasteiger partial charge in [-0.2, -0.15) is 0 Å². The Morgan fingerprint density at radius 1 is 0.833 bits per heavy atom. The summed E-state index contributed by atoms with van der Waals surface area (Å²) in [7, 11) is 0. The quantitative estimate of drug-likeness (QED) is 0.705. The first-order valence-corrected chi connectivity index (χ1v) is 5.85. The van der Waals surface area contributed by atoms with E-state index in [-0.39, 0.29) is 12.0 Å². The highest BCUT2D eigenvalue weighted by Gasteiger charge is 2.02. The molecule has 0 saturated carbocycles. The second kappa shape index (κ2) is 4.24. The number of hydrogen-bond acceptors (Lipinski definition) is 2. The lowest BCUT2D eigenvalue weighted by atomic mass is 10.1. The standard InChI is InChI=1S/C16H12O2/c17-10-11-5-6-13-8-7-12-3-1-2-4-14(12)16(18)15(13)9-11/h1-9,17H,10H2. The van der Waals surface area contributed by atoms with E-state index >= 15 is 0 Å². The van der Waals surface area contributed by atoms with Gasteiger partial charge in [0.2, 0.25) is 0 Å². The molecule has 88 valence electrons. The molecule has 0 aliphatic heterocycles. The SMILES string of the molecule is O=c1c2ccccc2ccc2ccc(CO)cc12. The van der Waals surface area contributed by atoms with Gasteiger partial charge in [-0.3, -0.25) is 4.79 Å². The molecule has 0 atom stereocenters. The second-order valence-corrected chi connectivity index (χ2v) is 4.33. The molecule has 0 spiro atoms.